The zero-order valence-electron chi connectivity index (χ0n) is 9.21. The predicted molar refractivity (Wildman–Crippen MR) is 50.8 cm³/mol. The number of rotatable bonds is 2. The standard InChI is InChI=1S/C9H17NO4/c1-6(10-8(12)13-5)7(11)14-9(2,3)4/h6H,1-5H3,(H,10,12)/t6-/m0/s1. The molecule has 0 fully saturated rings. The van der Waals surface area contributed by atoms with Crippen LogP contribution >= 0.6 is 0 Å². The number of hydrogen-bond donors (Lipinski definition) is 1. The monoisotopic (exact) mass is 203 g/mol. The smallest absolute Gasteiger partial charge is 0.407 e. The van der Waals surface area contributed by atoms with Gasteiger partial charge >= 0.3 is 12.1 Å². The van der Waals surface area contributed by atoms with Crippen molar-refractivity contribution >= 4 is 12.1 Å². The summed E-state index contributed by atoms with van der Waals surface area (Å²) in [6.45, 7) is 6.81. The van der Waals surface area contributed by atoms with Crippen molar-refractivity contribution in [1.82, 2.24) is 5.32 Å². The number of methoxy groups -OCH3 is 1. The number of hydrogen-bond acceptors (Lipinski definition) is 4. The molecule has 0 bridgehead atoms. The Morgan fingerprint density at radius 1 is 1.29 bits per heavy atom. The van der Waals surface area contributed by atoms with Gasteiger partial charge in [0.2, 0.25) is 0 Å². The normalized spacial score (nSPS) is 12.9. The quantitative estimate of drug-likeness (QED) is 0.682. The Balaban J connectivity index is 4.07. The molecular weight excluding hydrogens is 186 g/mol. The molecule has 0 aromatic carbocycles. The SMILES string of the molecule is COC(=O)N[C@@H](C)C(=O)OC(C)(C)C. The van der Waals surface area contributed by atoms with Crippen molar-refractivity contribution in [2.24, 2.45) is 0 Å². The lowest BCUT2D eigenvalue weighted by atomic mass is 10.2. The number of carbonyl (C=O) groups is 2. The van der Waals surface area contributed by atoms with Crippen LogP contribution in [0.15, 0.2) is 0 Å². The maximum Gasteiger partial charge on any atom is 0.407 e. The minimum absolute atomic E-state index is 0.483. The molecule has 0 aromatic heterocycles. The van der Waals surface area contributed by atoms with Gasteiger partial charge < -0.3 is 14.8 Å². The summed E-state index contributed by atoms with van der Waals surface area (Å²) in [4.78, 5) is 22.1. The molecule has 0 radical (unpaired) electrons. The van der Waals surface area contributed by atoms with Crippen LogP contribution in [0.2, 0.25) is 0 Å². The summed E-state index contributed by atoms with van der Waals surface area (Å²) in [6.07, 6.45) is -0.650. The van der Waals surface area contributed by atoms with E-state index in [4.69, 9.17) is 4.74 Å². The van der Waals surface area contributed by atoms with Crippen LogP contribution < -0.4 is 5.32 Å². The number of esters is 1. The van der Waals surface area contributed by atoms with Crippen LogP contribution in [0.25, 0.3) is 0 Å². The Morgan fingerprint density at radius 2 is 1.79 bits per heavy atom. The van der Waals surface area contributed by atoms with E-state index in [9.17, 15) is 9.59 Å². The molecule has 5 heteroatoms. The minimum Gasteiger partial charge on any atom is -0.458 e. The molecular formula is C9H17NO4. The molecule has 0 rings (SSSR count). The van der Waals surface area contributed by atoms with E-state index in [0.717, 1.165) is 0 Å². The molecule has 0 aliphatic rings. The van der Waals surface area contributed by atoms with Gasteiger partial charge in [0.05, 0.1) is 7.11 Å². The van der Waals surface area contributed by atoms with Crippen LogP contribution in [0.5, 0.6) is 0 Å². The Labute approximate surface area is 83.8 Å². The van der Waals surface area contributed by atoms with Gasteiger partial charge in [0.15, 0.2) is 0 Å². The Kier molecular flexibility index (Phi) is 4.40. The summed E-state index contributed by atoms with van der Waals surface area (Å²) in [5.74, 6) is -0.483. The molecule has 5 nitrogen and oxygen atoms in total. The first-order valence-corrected chi connectivity index (χ1v) is 4.33. The molecule has 0 aliphatic heterocycles. The molecule has 0 saturated carbocycles. The third kappa shape index (κ3) is 5.40. The van der Waals surface area contributed by atoms with Gasteiger partial charge in [-0.3, -0.25) is 0 Å². The van der Waals surface area contributed by atoms with E-state index in [1.54, 1.807) is 20.8 Å². The second-order valence-electron chi connectivity index (χ2n) is 3.89. The molecule has 0 heterocycles. The number of alkyl carbamates (subject to hydrolysis) is 1. The molecule has 0 aromatic rings. The van der Waals surface area contributed by atoms with Gasteiger partial charge in [-0.25, -0.2) is 9.59 Å². The number of nitrogens with one attached hydrogen (secondary N) is 1. The van der Waals surface area contributed by atoms with Crippen molar-refractivity contribution in [3.05, 3.63) is 0 Å². The molecule has 1 atom stereocenters. The predicted octanol–water partition coefficient (Wildman–Crippen LogP) is 1.07. The highest BCUT2D eigenvalue weighted by Crippen LogP contribution is 2.08. The Bertz CT molecular complexity index is 219. The molecule has 0 aliphatic carbocycles. The van der Waals surface area contributed by atoms with E-state index in [2.05, 4.69) is 10.1 Å². The van der Waals surface area contributed by atoms with Crippen LogP contribution in [-0.4, -0.2) is 30.8 Å². The fourth-order valence-electron chi connectivity index (χ4n) is 0.685. The highest BCUT2D eigenvalue weighted by Gasteiger charge is 2.22. The first-order chi connectivity index (χ1) is 6.26. The fourth-order valence-corrected chi connectivity index (χ4v) is 0.685. The first-order valence-electron chi connectivity index (χ1n) is 4.33. The second kappa shape index (κ2) is 4.83. The zero-order valence-corrected chi connectivity index (χ0v) is 9.21. The summed E-state index contributed by atoms with van der Waals surface area (Å²) < 4.78 is 9.38. The van der Waals surface area contributed by atoms with Crippen LogP contribution in [-0.2, 0) is 14.3 Å². The van der Waals surface area contributed by atoms with Crippen LogP contribution in [0.4, 0.5) is 4.79 Å². The highest BCUT2D eigenvalue weighted by atomic mass is 16.6. The maximum atomic E-state index is 11.3. The molecule has 0 spiro atoms. The van der Waals surface area contributed by atoms with E-state index in [-0.39, 0.29) is 0 Å². The maximum absolute atomic E-state index is 11.3. The van der Waals surface area contributed by atoms with Crippen molar-refractivity contribution in [2.75, 3.05) is 7.11 Å². The summed E-state index contributed by atoms with van der Waals surface area (Å²) in [5, 5.41) is 2.32. The van der Waals surface area contributed by atoms with E-state index in [1.807, 2.05) is 0 Å². The lowest BCUT2D eigenvalue weighted by Gasteiger charge is -2.22. The molecule has 0 saturated heterocycles. The van der Waals surface area contributed by atoms with E-state index >= 15 is 0 Å². The van der Waals surface area contributed by atoms with Crippen molar-refractivity contribution < 1.29 is 19.1 Å². The number of ether oxygens (including phenoxy) is 2. The van der Waals surface area contributed by atoms with Crippen molar-refractivity contribution in [2.45, 2.75) is 39.3 Å². The summed E-state index contributed by atoms with van der Waals surface area (Å²) in [5.41, 5.74) is -0.552. The van der Waals surface area contributed by atoms with Gasteiger partial charge in [-0.15, -0.1) is 0 Å². The van der Waals surface area contributed by atoms with Gasteiger partial charge in [0.1, 0.15) is 11.6 Å². The van der Waals surface area contributed by atoms with E-state index < -0.39 is 23.7 Å². The van der Waals surface area contributed by atoms with Crippen LogP contribution in [0, 0.1) is 0 Å². The molecule has 0 unspecified atom stereocenters. The first kappa shape index (κ1) is 12.7. The largest absolute Gasteiger partial charge is 0.458 e. The topological polar surface area (TPSA) is 64.6 Å². The van der Waals surface area contributed by atoms with Gasteiger partial charge in [-0.05, 0) is 27.7 Å². The molecule has 82 valence electrons. The lowest BCUT2D eigenvalue weighted by Crippen LogP contribution is -2.42. The Morgan fingerprint density at radius 3 is 2.14 bits per heavy atom. The van der Waals surface area contributed by atoms with Crippen molar-refractivity contribution in [3.8, 4) is 0 Å². The van der Waals surface area contributed by atoms with E-state index in [1.165, 1.54) is 14.0 Å². The van der Waals surface area contributed by atoms with Gasteiger partial charge in [0, 0.05) is 0 Å². The second-order valence-corrected chi connectivity index (χ2v) is 3.89. The van der Waals surface area contributed by atoms with Crippen LogP contribution in [0.3, 0.4) is 0 Å². The Hall–Kier alpha value is -1.26. The third-order valence-corrected chi connectivity index (χ3v) is 1.28. The highest BCUT2D eigenvalue weighted by molar-refractivity contribution is 5.81. The lowest BCUT2D eigenvalue weighted by molar-refractivity contribution is -0.156. The van der Waals surface area contributed by atoms with Crippen LogP contribution in [0.1, 0.15) is 27.7 Å². The summed E-state index contributed by atoms with van der Waals surface area (Å²) in [7, 11) is 1.23. The fraction of sp³-hybridized carbons (Fsp3) is 0.778. The molecule has 1 amide bonds. The van der Waals surface area contributed by atoms with E-state index in [0.29, 0.717) is 0 Å². The third-order valence-electron chi connectivity index (χ3n) is 1.28. The number of carbonyl (C=O) groups excluding carboxylic acids is 2. The van der Waals surface area contributed by atoms with Crippen molar-refractivity contribution in [3.63, 3.8) is 0 Å². The van der Waals surface area contributed by atoms with Gasteiger partial charge in [-0.2, -0.15) is 0 Å². The van der Waals surface area contributed by atoms with Crippen molar-refractivity contribution in [1.29, 1.82) is 0 Å². The average Bonchev–Trinajstić information content (AvgIpc) is 2.00. The number of amides is 1. The molecule has 14 heavy (non-hydrogen) atoms. The minimum atomic E-state index is -0.707. The molecule has 1 N–H and O–H groups in total. The average molecular weight is 203 g/mol. The summed E-state index contributed by atoms with van der Waals surface area (Å²) in [6, 6.07) is -0.707. The van der Waals surface area contributed by atoms with Gasteiger partial charge in [0.25, 0.3) is 0 Å². The van der Waals surface area contributed by atoms with Gasteiger partial charge in [-0.1, -0.05) is 0 Å². The summed E-state index contributed by atoms with van der Waals surface area (Å²) >= 11 is 0. The zero-order chi connectivity index (χ0) is 11.4.